The van der Waals surface area contributed by atoms with Gasteiger partial charge in [0.15, 0.2) is 5.79 Å². The van der Waals surface area contributed by atoms with Gasteiger partial charge < -0.3 is 9.47 Å². The van der Waals surface area contributed by atoms with Gasteiger partial charge in [0.05, 0.1) is 12.7 Å². The largest absolute Gasteiger partial charge is 0.345 e. The van der Waals surface area contributed by atoms with E-state index in [-0.39, 0.29) is 11.5 Å². The molecule has 2 atom stereocenters. The van der Waals surface area contributed by atoms with Crippen LogP contribution in [0.25, 0.3) is 0 Å². The molecule has 1 aromatic carbocycles. The van der Waals surface area contributed by atoms with Crippen LogP contribution in [0.2, 0.25) is 5.02 Å². The first kappa shape index (κ1) is 12.9. The van der Waals surface area contributed by atoms with Gasteiger partial charge >= 0.3 is 0 Å². The van der Waals surface area contributed by atoms with E-state index in [4.69, 9.17) is 21.1 Å². The standard InChI is InChI=1S/C14H19ClO2/c1-10-13(2,3)9-16-14(4,17-10)11-5-7-12(15)8-6-11/h5-8,10H,9H2,1-4H3/t10-,14+/m1/s1. The van der Waals surface area contributed by atoms with Crippen LogP contribution in [0, 0.1) is 5.41 Å². The van der Waals surface area contributed by atoms with Crippen molar-refractivity contribution in [3.63, 3.8) is 0 Å². The molecule has 0 unspecified atom stereocenters. The maximum atomic E-state index is 6.05. The van der Waals surface area contributed by atoms with E-state index in [0.717, 1.165) is 10.6 Å². The van der Waals surface area contributed by atoms with Crippen molar-refractivity contribution < 1.29 is 9.47 Å². The lowest BCUT2D eigenvalue weighted by Gasteiger charge is -2.46. The average molecular weight is 255 g/mol. The van der Waals surface area contributed by atoms with Gasteiger partial charge in [-0.2, -0.15) is 0 Å². The van der Waals surface area contributed by atoms with Crippen LogP contribution in [0.3, 0.4) is 0 Å². The Kier molecular flexibility index (Phi) is 3.23. The smallest absolute Gasteiger partial charge is 0.192 e. The summed E-state index contributed by atoms with van der Waals surface area (Å²) >= 11 is 5.89. The second-order valence-electron chi connectivity index (χ2n) is 5.49. The van der Waals surface area contributed by atoms with Crippen LogP contribution < -0.4 is 0 Å². The zero-order chi connectivity index (χ0) is 12.7. The minimum atomic E-state index is -0.667. The molecule has 2 rings (SSSR count). The molecule has 2 nitrogen and oxygen atoms in total. The normalized spacial score (nSPS) is 32.4. The summed E-state index contributed by atoms with van der Waals surface area (Å²) in [5, 5.41) is 0.724. The summed E-state index contributed by atoms with van der Waals surface area (Å²) in [6.07, 6.45) is 0.150. The first-order chi connectivity index (χ1) is 7.83. The van der Waals surface area contributed by atoms with Crippen molar-refractivity contribution >= 4 is 11.6 Å². The molecular weight excluding hydrogens is 236 g/mol. The van der Waals surface area contributed by atoms with Gasteiger partial charge in [-0.05, 0) is 26.0 Å². The summed E-state index contributed by atoms with van der Waals surface area (Å²) < 4.78 is 12.0. The van der Waals surface area contributed by atoms with Gasteiger partial charge in [0.1, 0.15) is 0 Å². The molecule has 0 bridgehead atoms. The Morgan fingerprint density at radius 3 is 2.29 bits per heavy atom. The van der Waals surface area contributed by atoms with Crippen molar-refractivity contribution in [1.29, 1.82) is 0 Å². The highest BCUT2D eigenvalue weighted by atomic mass is 35.5. The van der Waals surface area contributed by atoms with Crippen molar-refractivity contribution in [2.45, 2.75) is 39.6 Å². The Balaban J connectivity index is 2.24. The molecule has 0 spiro atoms. The first-order valence-electron chi connectivity index (χ1n) is 5.91. The maximum absolute atomic E-state index is 6.05. The summed E-state index contributed by atoms with van der Waals surface area (Å²) in [5.74, 6) is -0.667. The topological polar surface area (TPSA) is 18.5 Å². The molecule has 0 N–H and O–H groups in total. The lowest BCUT2D eigenvalue weighted by atomic mass is 9.86. The van der Waals surface area contributed by atoms with Gasteiger partial charge in [-0.3, -0.25) is 0 Å². The van der Waals surface area contributed by atoms with Crippen molar-refractivity contribution in [3.8, 4) is 0 Å². The highest BCUT2D eigenvalue weighted by Crippen LogP contribution is 2.40. The summed E-state index contributed by atoms with van der Waals surface area (Å²) in [4.78, 5) is 0. The summed E-state index contributed by atoms with van der Waals surface area (Å²) in [6.45, 7) is 9.05. The second-order valence-corrected chi connectivity index (χ2v) is 5.93. The Bertz CT molecular complexity index is 399. The molecule has 1 aromatic rings. The molecule has 1 fully saturated rings. The quantitative estimate of drug-likeness (QED) is 0.755. The van der Waals surface area contributed by atoms with Gasteiger partial charge in [-0.25, -0.2) is 0 Å². The van der Waals surface area contributed by atoms with Crippen LogP contribution in [-0.2, 0) is 15.3 Å². The number of hydrogen-bond donors (Lipinski definition) is 0. The Hall–Kier alpha value is -0.570. The number of benzene rings is 1. The third-order valence-electron chi connectivity index (χ3n) is 3.59. The van der Waals surface area contributed by atoms with Crippen LogP contribution in [0.1, 0.15) is 33.3 Å². The van der Waals surface area contributed by atoms with Gasteiger partial charge in [0.25, 0.3) is 0 Å². The van der Waals surface area contributed by atoms with E-state index in [1.807, 2.05) is 31.2 Å². The third-order valence-corrected chi connectivity index (χ3v) is 3.84. The second kappa shape index (κ2) is 4.27. The van der Waals surface area contributed by atoms with Crippen LogP contribution in [0.5, 0.6) is 0 Å². The Morgan fingerprint density at radius 2 is 1.76 bits per heavy atom. The van der Waals surface area contributed by atoms with E-state index in [2.05, 4.69) is 20.8 Å². The third kappa shape index (κ3) is 2.49. The van der Waals surface area contributed by atoms with E-state index >= 15 is 0 Å². The Morgan fingerprint density at radius 1 is 1.18 bits per heavy atom. The zero-order valence-electron chi connectivity index (χ0n) is 10.8. The summed E-state index contributed by atoms with van der Waals surface area (Å²) in [5.41, 5.74) is 1.05. The van der Waals surface area contributed by atoms with Crippen LogP contribution in [0.15, 0.2) is 24.3 Å². The van der Waals surface area contributed by atoms with Gasteiger partial charge in [-0.1, -0.05) is 37.6 Å². The molecular formula is C14H19ClO2. The molecule has 3 heteroatoms. The number of hydrogen-bond acceptors (Lipinski definition) is 2. The summed E-state index contributed by atoms with van der Waals surface area (Å²) in [6, 6.07) is 7.62. The van der Waals surface area contributed by atoms with E-state index in [1.165, 1.54) is 0 Å². The van der Waals surface area contributed by atoms with Crippen LogP contribution >= 0.6 is 11.6 Å². The highest BCUT2D eigenvalue weighted by molar-refractivity contribution is 6.30. The molecule has 1 aliphatic heterocycles. The predicted octanol–water partition coefficient (Wildman–Crippen LogP) is 3.97. The first-order valence-corrected chi connectivity index (χ1v) is 6.29. The molecule has 0 aliphatic carbocycles. The number of ether oxygens (including phenoxy) is 2. The molecule has 0 aromatic heterocycles. The Labute approximate surface area is 108 Å². The fourth-order valence-corrected chi connectivity index (χ4v) is 2.00. The molecule has 94 valence electrons. The molecule has 0 amide bonds. The molecule has 0 saturated carbocycles. The minimum Gasteiger partial charge on any atom is -0.345 e. The molecule has 1 saturated heterocycles. The molecule has 0 radical (unpaired) electrons. The van der Waals surface area contributed by atoms with Crippen molar-refractivity contribution in [2.75, 3.05) is 6.61 Å². The van der Waals surface area contributed by atoms with E-state index < -0.39 is 5.79 Å². The van der Waals surface area contributed by atoms with E-state index in [9.17, 15) is 0 Å². The fraction of sp³-hybridized carbons (Fsp3) is 0.571. The SMILES string of the molecule is C[C@H]1O[C@@](C)(c2ccc(Cl)cc2)OCC1(C)C. The number of halogens is 1. The van der Waals surface area contributed by atoms with Crippen molar-refractivity contribution in [3.05, 3.63) is 34.9 Å². The lowest BCUT2D eigenvalue weighted by Crippen LogP contribution is -2.48. The minimum absolute atomic E-state index is 0.0476. The van der Waals surface area contributed by atoms with E-state index in [1.54, 1.807) is 0 Å². The highest BCUT2D eigenvalue weighted by Gasteiger charge is 2.42. The van der Waals surface area contributed by atoms with E-state index in [0.29, 0.717) is 6.61 Å². The van der Waals surface area contributed by atoms with Crippen molar-refractivity contribution in [2.24, 2.45) is 5.41 Å². The molecule has 1 aliphatic rings. The van der Waals surface area contributed by atoms with Gasteiger partial charge in [0, 0.05) is 16.0 Å². The van der Waals surface area contributed by atoms with Gasteiger partial charge in [0.2, 0.25) is 0 Å². The number of rotatable bonds is 1. The van der Waals surface area contributed by atoms with Gasteiger partial charge in [-0.15, -0.1) is 0 Å². The lowest BCUT2D eigenvalue weighted by molar-refractivity contribution is -0.325. The van der Waals surface area contributed by atoms with Crippen molar-refractivity contribution in [1.82, 2.24) is 0 Å². The summed E-state index contributed by atoms with van der Waals surface area (Å²) in [7, 11) is 0. The average Bonchev–Trinajstić information content (AvgIpc) is 2.26. The molecule has 17 heavy (non-hydrogen) atoms. The monoisotopic (exact) mass is 254 g/mol. The fourth-order valence-electron chi connectivity index (χ4n) is 1.88. The van der Waals surface area contributed by atoms with Crippen LogP contribution in [-0.4, -0.2) is 12.7 Å². The maximum Gasteiger partial charge on any atom is 0.192 e. The van der Waals surface area contributed by atoms with Crippen LogP contribution in [0.4, 0.5) is 0 Å². The molecule has 1 heterocycles. The predicted molar refractivity (Wildman–Crippen MR) is 69.1 cm³/mol. The zero-order valence-corrected chi connectivity index (χ0v) is 11.5.